The van der Waals surface area contributed by atoms with Crippen LogP contribution in [0.3, 0.4) is 0 Å². The molecule has 0 saturated heterocycles. The van der Waals surface area contributed by atoms with Gasteiger partial charge in [0.05, 0.1) is 15.9 Å². The topological polar surface area (TPSA) is 132 Å². The van der Waals surface area contributed by atoms with Gasteiger partial charge in [0.25, 0.3) is 0 Å². The van der Waals surface area contributed by atoms with Crippen LogP contribution in [-0.4, -0.2) is 25.3 Å². The van der Waals surface area contributed by atoms with E-state index in [0.717, 1.165) is 12.1 Å². The molecule has 0 bridgehead atoms. The standard InChI is InChI=1S/C9H10FN3O5S/c1-5(9(11)14)12-19(17,18)6-2-3-8(13(15)16)7(10)4-6/h2-5,12H,1H3,(H2,11,14). The van der Waals surface area contributed by atoms with Crippen LogP contribution in [0, 0.1) is 15.9 Å². The molecule has 1 rings (SSSR count). The number of nitrogens with one attached hydrogen (secondary N) is 1. The number of primary amides is 1. The highest BCUT2D eigenvalue weighted by atomic mass is 32.2. The predicted molar refractivity (Wildman–Crippen MR) is 62.0 cm³/mol. The summed E-state index contributed by atoms with van der Waals surface area (Å²) in [4.78, 5) is 19.6. The Kier molecular flexibility index (Phi) is 4.17. The van der Waals surface area contributed by atoms with Crippen LogP contribution in [0.25, 0.3) is 0 Å². The molecule has 1 aromatic carbocycles. The molecular weight excluding hydrogens is 281 g/mol. The minimum atomic E-state index is -4.18. The minimum Gasteiger partial charge on any atom is -0.368 e. The summed E-state index contributed by atoms with van der Waals surface area (Å²) >= 11 is 0. The summed E-state index contributed by atoms with van der Waals surface area (Å²) in [6.45, 7) is 1.21. The lowest BCUT2D eigenvalue weighted by Gasteiger charge is -2.10. The maximum Gasteiger partial charge on any atom is 0.304 e. The molecule has 8 nitrogen and oxygen atoms in total. The van der Waals surface area contributed by atoms with Crippen LogP contribution in [0.5, 0.6) is 0 Å². The number of sulfonamides is 1. The first-order valence-electron chi connectivity index (χ1n) is 4.90. The second-order valence-electron chi connectivity index (χ2n) is 3.62. The maximum absolute atomic E-state index is 13.3. The highest BCUT2D eigenvalue weighted by Gasteiger charge is 2.23. The van der Waals surface area contributed by atoms with Crippen molar-refractivity contribution in [3.05, 3.63) is 34.1 Å². The molecule has 1 amide bonds. The molecule has 1 aromatic rings. The Balaban J connectivity index is 3.13. The third-order valence-corrected chi connectivity index (χ3v) is 3.72. The monoisotopic (exact) mass is 291 g/mol. The number of hydrogen-bond acceptors (Lipinski definition) is 5. The Morgan fingerprint density at radius 3 is 2.53 bits per heavy atom. The van der Waals surface area contributed by atoms with Gasteiger partial charge in [0.1, 0.15) is 0 Å². The first-order chi connectivity index (χ1) is 8.65. The molecular formula is C9H10FN3O5S. The van der Waals surface area contributed by atoms with E-state index >= 15 is 0 Å². The van der Waals surface area contributed by atoms with Gasteiger partial charge < -0.3 is 5.73 Å². The normalized spacial score (nSPS) is 12.9. The first-order valence-corrected chi connectivity index (χ1v) is 6.39. The van der Waals surface area contributed by atoms with Gasteiger partial charge in [0.15, 0.2) is 0 Å². The Bertz CT molecular complexity index is 631. The number of amides is 1. The van der Waals surface area contributed by atoms with Gasteiger partial charge in [-0.15, -0.1) is 0 Å². The number of nitrogens with zero attached hydrogens (tertiary/aromatic N) is 1. The van der Waals surface area contributed by atoms with Gasteiger partial charge in [0, 0.05) is 12.1 Å². The van der Waals surface area contributed by atoms with Crippen molar-refractivity contribution in [3.8, 4) is 0 Å². The lowest BCUT2D eigenvalue weighted by atomic mass is 10.3. The maximum atomic E-state index is 13.3. The van der Waals surface area contributed by atoms with Crippen LogP contribution in [0.15, 0.2) is 23.1 Å². The van der Waals surface area contributed by atoms with Crippen molar-refractivity contribution in [3.63, 3.8) is 0 Å². The van der Waals surface area contributed by atoms with Gasteiger partial charge in [0.2, 0.25) is 21.7 Å². The molecule has 0 aliphatic heterocycles. The molecule has 10 heteroatoms. The van der Waals surface area contributed by atoms with Gasteiger partial charge in [-0.25, -0.2) is 8.42 Å². The lowest BCUT2D eigenvalue weighted by molar-refractivity contribution is -0.387. The van der Waals surface area contributed by atoms with E-state index in [9.17, 15) is 27.7 Å². The van der Waals surface area contributed by atoms with Gasteiger partial charge in [-0.1, -0.05) is 0 Å². The molecule has 0 fully saturated rings. The summed E-state index contributed by atoms with van der Waals surface area (Å²) in [5.41, 5.74) is 4.04. The predicted octanol–water partition coefficient (Wildman–Crippen LogP) is -0.114. The molecule has 0 aromatic heterocycles. The van der Waals surface area contributed by atoms with E-state index in [2.05, 4.69) is 0 Å². The quantitative estimate of drug-likeness (QED) is 0.576. The lowest BCUT2D eigenvalue weighted by Crippen LogP contribution is -2.42. The van der Waals surface area contributed by atoms with E-state index in [-0.39, 0.29) is 0 Å². The van der Waals surface area contributed by atoms with Crippen LogP contribution in [0.2, 0.25) is 0 Å². The average molecular weight is 291 g/mol. The summed E-state index contributed by atoms with van der Waals surface area (Å²) in [5, 5.41) is 10.4. The highest BCUT2D eigenvalue weighted by molar-refractivity contribution is 7.89. The molecule has 0 aliphatic carbocycles. The molecule has 1 atom stereocenters. The second kappa shape index (κ2) is 5.28. The number of benzene rings is 1. The number of nitro groups is 1. The van der Waals surface area contributed by atoms with Crippen molar-refractivity contribution in [1.29, 1.82) is 0 Å². The van der Waals surface area contributed by atoms with Crippen molar-refractivity contribution in [2.75, 3.05) is 0 Å². The highest BCUT2D eigenvalue weighted by Crippen LogP contribution is 2.20. The van der Waals surface area contributed by atoms with E-state index in [1.807, 2.05) is 4.72 Å². The summed E-state index contributed by atoms with van der Waals surface area (Å²) in [6.07, 6.45) is 0. The molecule has 1 unspecified atom stereocenters. The summed E-state index contributed by atoms with van der Waals surface area (Å²) in [6, 6.07) is 0.882. The number of hydrogen-bond donors (Lipinski definition) is 2. The van der Waals surface area contributed by atoms with E-state index in [0.29, 0.717) is 6.07 Å². The number of nitrogens with two attached hydrogens (primary N) is 1. The summed E-state index contributed by atoms with van der Waals surface area (Å²) < 4.78 is 38.7. The molecule has 19 heavy (non-hydrogen) atoms. The van der Waals surface area contributed by atoms with Crippen molar-refractivity contribution in [2.24, 2.45) is 5.73 Å². The zero-order chi connectivity index (χ0) is 14.8. The molecule has 0 radical (unpaired) electrons. The van der Waals surface area contributed by atoms with Crippen LogP contribution in [0.4, 0.5) is 10.1 Å². The van der Waals surface area contributed by atoms with Crippen molar-refractivity contribution in [2.45, 2.75) is 17.9 Å². The molecule has 0 spiro atoms. The van der Waals surface area contributed by atoms with E-state index < -0.39 is 43.3 Å². The summed E-state index contributed by atoms with van der Waals surface area (Å²) in [5.74, 6) is -2.20. The third kappa shape index (κ3) is 3.45. The van der Waals surface area contributed by atoms with Crippen LogP contribution >= 0.6 is 0 Å². The Morgan fingerprint density at radius 2 is 2.11 bits per heavy atom. The third-order valence-electron chi connectivity index (χ3n) is 2.18. The smallest absolute Gasteiger partial charge is 0.304 e. The second-order valence-corrected chi connectivity index (χ2v) is 5.33. The molecule has 0 aliphatic rings. The molecule has 3 N–H and O–H groups in total. The number of carbonyl (C=O) groups excluding carboxylic acids is 1. The SMILES string of the molecule is CC(NS(=O)(=O)c1ccc([N+](=O)[O-])c(F)c1)C(N)=O. The van der Waals surface area contributed by atoms with Crippen molar-refractivity contribution < 1.29 is 22.5 Å². The van der Waals surface area contributed by atoms with Crippen LogP contribution < -0.4 is 10.5 Å². The fourth-order valence-electron chi connectivity index (χ4n) is 1.16. The first kappa shape index (κ1) is 15.0. The van der Waals surface area contributed by atoms with E-state index in [4.69, 9.17) is 5.73 Å². The summed E-state index contributed by atoms with van der Waals surface area (Å²) in [7, 11) is -4.18. The fourth-order valence-corrected chi connectivity index (χ4v) is 2.39. The zero-order valence-electron chi connectivity index (χ0n) is 9.66. The Hall–Kier alpha value is -2.07. The van der Waals surface area contributed by atoms with Gasteiger partial charge in [-0.2, -0.15) is 9.11 Å². The van der Waals surface area contributed by atoms with Gasteiger partial charge >= 0.3 is 5.69 Å². The van der Waals surface area contributed by atoms with Gasteiger partial charge in [-0.3, -0.25) is 14.9 Å². The number of rotatable bonds is 5. The molecule has 104 valence electrons. The Labute approximate surface area is 107 Å². The largest absolute Gasteiger partial charge is 0.368 e. The number of halogens is 1. The zero-order valence-corrected chi connectivity index (χ0v) is 10.5. The number of carbonyl (C=O) groups is 1. The minimum absolute atomic E-state index is 0.494. The van der Waals surface area contributed by atoms with E-state index in [1.54, 1.807) is 0 Å². The van der Waals surface area contributed by atoms with Crippen molar-refractivity contribution in [1.82, 2.24) is 4.72 Å². The van der Waals surface area contributed by atoms with E-state index in [1.165, 1.54) is 6.92 Å². The number of nitro benzene ring substituents is 1. The molecule has 0 saturated carbocycles. The van der Waals surface area contributed by atoms with Crippen LogP contribution in [0.1, 0.15) is 6.92 Å². The fraction of sp³-hybridized carbons (Fsp3) is 0.222. The Morgan fingerprint density at radius 1 is 1.53 bits per heavy atom. The van der Waals surface area contributed by atoms with Gasteiger partial charge in [-0.05, 0) is 13.0 Å². The van der Waals surface area contributed by atoms with Crippen molar-refractivity contribution >= 4 is 21.6 Å². The molecule has 0 heterocycles. The van der Waals surface area contributed by atoms with Crippen LogP contribution in [-0.2, 0) is 14.8 Å². The average Bonchev–Trinajstić information content (AvgIpc) is 2.27.